The first-order valence-corrected chi connectivity index (χ1v) is 12.8. The highest BCUT2D eigenvalue weighted by atomic mass is 16.6. The Morgan fingerprint density at radius 2 is 1.78 bits per heavy atom. The van der Waals surface area contributed by atoms with Gasteiger partial charge in [-0.2, -0.15) is 5.10 Å². The molecule has 0 spiro atoms. The standard InChI is InChI=1S/C26H43N5O5/c1-7-31(8-2)22-10-9-20(24-19(3)17-23(32)29-30-24)18-21(22)27-11-13-34-15-16-35-14-12-28-25(33)36-26(4,5)6/h9-10,18-19,27H,7-8,11-17H2,1-6H3,(H,28,33)(H,29,32). The first-order valence-electron chi connectivity index (χ1n) is 12.8. The number of benzene rings is 1. The van der Waals surface area contributed by atoms with E-state index in [9.17, 15) is 9.59 Å². The molecular weight excluding hydrogens is 462 g/mol. The van der Waals surface area contributed by atoms with Crippen LogP contribution in [0.25, 0.3) is 0 Å². The summed E-state index contributed by atoms with van der Waals surface area (Å²) < 4.78 is 16.4. The molecule has 2 rings (SSSR count). The summed E-state index contributed by atoms with van der Waals surface area (Å²) in [5.74, 6) is 0.0124. The second kappa shape index (κ2) is 14.6. The van der Waals surface area contributed by atoms with Crippen molar-refractivity contribution in [2.24, 2.45) is 11.0 Å². The van der Waals surface area contributed by atoms with E-state index < -0.39 is 11.7 Å². The summed E-state index contributed by atoms with van der Waals surface area (Å²) in [7, 11) is 0. The van der Waals surface area contributed by atoms with E-state index in [2.05, 4.69) is 58.1 Å². The molecule has 0 saturated heterocycles. The second-order valence-electron chi connectivity index (χ2n) is 9.62. The molecule has 2 amide bonds. The van der Waals surface area contributed by atoms with E-state index in [1.165, 1.54) is 0 Å². The number of hydrogen-bond acceptors (Lipinski definition) is 8. The lowest BCUT2D eigenvalue weighted by atomic mass is 9.93. The van der Waals surface area contributed by atoms with Gasteiger partial charge >= 0.3 is 6.09 Å². The summed E-state index contributed by atoms with van der Waals surface area (Å²) in [5, 5.41) is 10.5. The van der Waals surface area contributed by atoms with Crippen LogP contribution in [0.2, 0.25) is 0 Å². The first-order chi connectivity index (χ1) is 17.1. The molecule has 0 fully saturated rings. The van der Waals surface area contributed by atoms with Gasteiger partial charge in [0.25, 0.3) is 0 Å². The Morgan fingerprint density at radius 1 is 1.11 bits per heavy atom. The van der Waals surface area contributed by atoms with E-state index in [1.54, 1.807) is 0 Å². The Labute approximate surface area is 215 Å². The van der Waals surface area contributed by atoms with Gasteiger partial charge in [-0.25, -0.2) is 10.2 Å². The number of hydrogen-bond donors (Lipinski definition) is 3. The molecule has 0 radical (unpaired) electrons. The lowest BCUT2D eigenvalue weighted by Gasteiger charge is -2.26. The number of amides is 2. The van der Waals surface area contributed by atoms with Crippen molar-refractivity contribution in [1.82, 2.24) is 10.7 Å². The molecule has 0 saturated carbocycles. The molecule has 10 heteroatoms. The van der Waals surface area contributed by atoms with Crippen LogP contribution in [0.1, 0.15) is 53.5 Å². The SMILES string of the molecule is CCN(CC)c1ccc(C2=NNC(=O)CC2C)cc1NCCOCCOCCNC(=O)OC(C)(C)C. The lowest BCUT2D eigenvalue weighted by molar-refractivity contribution is -0.121. The molecule has 1 heterocycles. The molecular formula is C26H43N5O5. The van der Waals surface area contributed by atoms with Crippen LogP contribution >= 0.6 is 0 Å². The van der Waals surface area contributed by atoms with Crippen molar-refractivity contribution in [3.8, 4) is 0 Å². The summed E-state index contributed by atoms with van der Waals surface area (Å²) in [6.45, 7) is 16.4. The maximum atomic E-state index is 11.6. The average molecular weight is 506 g/mol. The monoisotopic (exact) mass is 505 g/mol. The molecule has 1 unspecified atom stereocenters. The van der Waals surface area contributed by atoms with Gasteiger partial charge in [-0.15, -0.1) is 0 Å². The Kier molecular flexibility index (Phi) is 12.0. The zero-order valence-corrected chi connectivity index (χ0v) is 22.6. The van der Waals surface area contributed by atoms with Crippen LogP contribution < -0.4 is 21.0 Å². The summed E-state index contributed by atoms with van der Waals surface area (Å²) in [4.78, 5) is 25.5. The molecule has 202 valence electrons. The summed E-state index contributed by atoms with van der Waals surface area (Å²) >= 11 is 0. The minimum Gasteiger partial charge on any atom is -0.444 e. The van der Waals surface area contributed by atoms with Gasteiger partial charge in [-0.1, -0.05) is 13.0 Å². The maximum Gasteiger partial charge on any atom is 0.407 e. The summed E-state index contributed by atoms with van der Waals surface area (Å²) in [6.07, 6.45) is -0.0110. The van der Waals surface area contributed by atoms with E-state index >= 15 is 0 Å². The first kappa shape index (κ1) is 29.4. The van der Waals surface area contributed by atoms with Crippen molar-refractivity contribution < 1.29 is 23.8 Å². The van der Waals surface area contributed by atoms with Gasteiger partial charge in [-0.3, -0.25) is 4.79 Å². The van der Waals surface area contributed by atoms with Gasteiger partial charge in [0.15, 0.2) is 0 Å². The molecule has 0 aliphatic carbocycles. The van der Waals surface area contributed by atoms with Crippen LogP contribution in [0.4, 0.5) is 16.2 Å². The van der Waals surface area contributed by atoms with Crippen LogP contribution in [0.5, 0.6) is 0 Å². The molecule has 36 heavy (non-hydrogen) atoms. The highest BCUT2D eigenvalue weighted by Crippen LogP contribution is 2.29. The number of rotatable bonds is 14. The van der Waals surface area contributed by atoms with Crippen LogP contribution in [-0.4, -0.2) is 75.9 Å². The number of ether oxygens (including phenoxy) is 3. The molecule has 3 N–H and O–H groups in total. The number of alkyl carbamates (subject to hydrolysis) is 1. The van der Waals surface area contributed by atoms with E-state index in [4.69, 9.17) is 14.2 Å². The van der Waals surface area contributed by atoms with Crippen LogP contribution in [0.15, 0.2) is 23.3 Å². The summed E-state index contributed by atoms with van der Waals surface area (Å²) in [6, 6.07) is 6.27. The van der Waals surface area contributed by atoms with Gasteiger partial charge in [0.2, 0.25) is 5.91 Å². The molecule has 1 aromatic carbocycles. The van der Waals surface area contributed by atoms with Crippen molar-refractivity contribution in [3.05, 3.63) is 23.8 Å². The maximum absolute atomic E-state index is 11.6. The van der Waals surface area contributed by atoms with Crippen LogP contribution in [0.3, 0.4) is 0 Å². The van der Waals surface area contributed by atoms with Gasteiger partial charge in [0.1, 0.15) is 5.60 Å². The quantitative estimate of drug-likeness (QED) is 0.332. The zero-order chi connectivity index (χ0) is 26.6. The van der Waals surface area contributed by atoms with Gasteiger partial charge < -0.3 is 29.7 Å². The minimum absolute atomic E-state index is 0.0511. The molecule has 0 bridgehead atoms. The highest BCUT2D eigenvalue weighted by Gasteiger charge is 2.22. The average Bonchev–Trinajstić information content (AvgIpc) is 2.80. The third-order valence-electron chi connectivity index (χ3n) is 5.50. The van der Waals surface area contributed by atoms with Crippen molar-refractivity contribution in [2.45, 2.75) is 53.6 Å². The number of nitrogens with zero attached hydrogens (tertiary/aromatic N) is 2. The molecule has 0 aromatic heterocycles. The van der Waals surface area contributed by atoms with E-state index in [0.717, 1.165) is 35.7 Å². The van der Waals surface area contributed by atoms with Crippen molar-refractivity contribution in [1.29, 1.82) is 0 Å². The van der Waals surface area contributed by atoms with E-state index in [-0.39, 0.29) is 11.8 Å². The predicted molar refractivity (Wildman–Crippen MR) is 143 cm³/mol. The van der Waals surface area contributed by atoms with E-state index in [0.29, 0.717) is 45.9 Å². The lowest BCUT2D eigenvalue weighted by Crippen LogP contribution is -2.34. The fraction of sp³-hybridized carbons (Fsp3) is 0.654. The Balaban J connectivity index is 1.78. The topological polar surface area (TPSA) is 114 Å². The van der Waals surface area contributed by atoms with Gasteiger partial charge in [0.05, 0.1) is 43.5 Å². The van der Waals surface area contributed by atoms with Crippen molar-refractivity contribution in [3.63, 3.8) is 0 Å². The highest BCUT2D eigenvalue weighted by molar-refractivity contribution is 6.06. The summed E-state index contributed by atoms with van der Waals surface area (Å²) in [5.41, 5.74) is 6.10. The minimum atomic E-state index is -0.514. The van der Waals surface area contributed by atoms with E-state index in [1.807, 2.05) is 27.7 Å². The third-order valence-corrected chi connectivity index (χ3v) is 5.50. The number of carbonyl (C=O) groups excluding carboxylic acids is 2. The van der Waals surface area contributed by atoms with Crippen molar-refractivity contribution >= 4 is 29.1 Å². The largest absolute Gasteiger partial charge is 0.444 e. The predicted octanol–water partition coefficient (Wildman–Crippen LogP) is 3.36. The van der Waals surface area contributed by atoms with Gasteiger partial charge in [-0.05, 0) is 46.8 Å². The normalized spacial score (nSPS) is 15.7. The second-order valence-corrected chi connectivity index (χ2v) is 9.62. The molecule has 1 aliphatic heterocycles. The molecule has 1 atom stereocenters. The van der Waals surface area contributed by atoms with Crippen LogP contribution in [0, 0.1) is 5.92 Å². The molecule has 1 aromatic rings. The Bertz CT molecular complexity index is 880. The fourth-order valence-corrected chi connectivity index (χ4v) is 3.80. The van der Waals surface area contributed by atoms with Crippen LogP contribution in [-0.2, 0) is 19.0 Å². The number of carbonyl (C=O) groups is 2. The fourth-order valence-electron chi connectivity index (χ4n) is 3.80. The van der Waals surface area contributed by atoms with Gasteiger partial charge in [0, 0.05) is 44.1 Å². The number of hydrazone groups is 1. The smallest absolute Gasteiger partial charge is 0.407 e. The third kappa shape index (κ3) is 10.0. The molecule has 10 nitrogen and oxygen atoms in total. The Morgan fingerprint density at radius 3 is 2.39 bits per heavy atom. The molecule has 1 aliphatic rings. The zero-order valence-electron chi connectivity index (χ0n) is 22.6. The number of nitrogens with one attached hydrogen (secondary N) is 3. The van der Waals surface area contributed by atoms with Crippen molar-refractivity contribution in [2.75, 3.05) is 62.8 Å². The Hall–Kier alpha value is -2.85. The number of anilines is 2.